The highest BCUT2D eigenvalue weighted by Gasteiger charge is 2.21. The third-order valence-electron chi connectivity index (χ3n) is 10.4. The normalized spacial score (nSPS) is 11.8. The van der Waals surface area contributed by atoms with Gasteiger partial charge in [0.1, 0.15) is 30.8 Å². The van der Waals surface area contributed by atoms with Crippen molar-refractivity contribution in [3.8, 4) is 0 Å². The van der Waals surface area contributed by atoms with Crippen LogP contribution in [-0.4, -0.2) is 135 Å². The zero-order valence-electron chi connectivity index (χ0n) is 40.8. The molecule has 0 heterocycles. The van der Waals surface area contributed by atoms with Crippen molar-refractivity contribution < 1.29 is 72.6 Å². The van der Waals surface area contributed by atoms with E-state index in [0.29, 0.717) is 32.5 Å². The molecule has 6 N–H and O–H groups in total. The van der Waals surface area contributed by atoms with E-state index in [2.05, 4.69) is 16.0 Å². The van der Waals surface area contributed by atoms with Gasteiger partial charge in [-0.25, -0.2) is 4.79 Å². The molecular formula is C48H87N3O15. The summed E-state index contributed by atoms with van der Waals surface area (Å²) in [5.41, 5.74) is 0. The fraction of sp³-hybridized carbons (Fsp3) is 0.833. The third-order valence-corrected chi connectivity index (χ3v) is 10.4. The Morgan fingerprint density at radius 1 is 0.485 bits per heavy atom. The minimum Gasteiger partial charge on any atom is -0.481 e. The molecule has 66 heavy (non-hydrogen) atoms. The molecule has 0 aliphatic carbocycles. The van der Waals surface area contributed by atoms with E-state index in [0.717, 1.165) is 77.0 Å². The molecule has 0 aliphatic rings. The molecule has 0 saturated carbocycles. The molecule has 0 aliphatic heterocycles. The Morgan fingerprint density at radius 3 is 1.45 bits per heavy atom. The Kier molecular flexibility index (Phi) is 44.8. The van der Waals surface area contributed by atoms with Crippen molar-refractivity contribution in [1.82, 2.24) is 16.0 Å². The van der Waals surface area contributed by atoms with Gasteiger partial charge in [-0.1, -0.05) is 91.4 Å². The van der Waals surface area contributed by atoms with Crippen molar-refractivity contribution in [3.63, 3.8) is 0 Å². The summed E-state index contributed by atoms with van der Waals surface area (Å²) in [6.07, 6.45) is 17.3. The summed E-state index contributed by atoms with van der Waals surface area (Å²) in [4.78, 5) is 91.8. The molecule has 0 fully saturated rings. The lowest BCUT2D eigenvalue weighted by Crippen LogP contribution is -2.41. The van der Waals surface area contributed by atoms with E-state index in [4.69, 9.17) is 29.2 Å². The zero-order chi connectivity index (χ0) is 49.6. The van der Waals surface area contributed by atoms with Crippen molar-refractivity contribution in [2.45, 2.75) is 181 Å². The van der Waals surface area contributed by atoms with Crippen molar-refractivity contribution in [1.29, 1.82) is 0 Å². The first-order valence-electron chi connectivity index (χ1n) is 24.4. The summed E-state index contributed by atoms with van der Waals surface area (Å²) in [6.45, 7) is 9.58. The van der Waals surface area contributed by atoms with Crippen LogP contribution < -0.4 is 16.0 Å². The Balaban J connectivity index is 0. The fourth-order valence-corrected chi connectivity index (χ4v) is 6.58. The van der Waals surface area contributed by atoms with E-state index in [1.807, 2.05) is 20.8 Å². The van der Waals surface area contributed by atoms with Crippen molar-refractivity contribution in [2.24, 2.45) is 11.8 Å². The molecule has 0 saturated heterocycles. The Labute approximate surface area is 394 Å². The van der Waals surface area contributed by atoms with Gasteiger partial charge in [0.15, 0.2) is 0 Å². The quantitative estimate of drug-likeness (QED) is 0.0359. The van der Waals surface area contributed by atoms with Crippen LogP contribution in [0, 0.1) is 11.8 Å². The maximum absolute atomic E-state index is 12.3. The van der Waals surface area contributed by atoms with Gasteiger partial charge in [-0.15, -0.1) is 0 Å². The number of amides is 3. The molecule has 3 amide bonds. The SMILES string of the molecule is CC(C)CC(=O)O.CC[C@@H](CCCCNC(=O)COCCOCCNC(=O)COCCOCCCC(=O)CC[C@H](NC(=O)CCCCCCCCCCCCCCC(=O)O)C(=O)O)C(C)=O. The summed E-state index contributed by atoms with van der Waals surface area (Å²) in [5.74, 6) is -2.93. The lowest BCUT2D eigenvalue weighted by molar-refractivity contribution is -0.142. The topological polar surface area (TPSA) is 270 Å². The first-order chi connectivity index (χ1) is 31.6. The van der Waals surface area contributed by atoms with Gasteiger partial charge in [-0.2, -0.15) is 0 Å². The van der Waals surface area contributed by atoms with Gasteiger partial charge >= 0.3 is 17.9 Å². The number of carboxylic acids is 3. The second kappa shape index (κ2) is 46.1. The number of carbonyl (C=O) groups is 8. The Bertz CT molecular complexity index is 1310. The summed E-state index contributed by atoms with van der Waals surface area (Å²) in [7, 11) is 0. The lowest BCUT2D eigenvalue weighted by Gasteiger charge is -2.14. The summed E-state index contributed by atoms with van der Waals surface area (Å²) in [6, 6.07) is -1.10. The predicted molar refractivity (Wildman–Crippen MR) is 250 cm³/mol. The molecule has 0 aromatic heterocycles. The van der Waals surface area contributed by atoms with Gasteiger partial charge in [0.25, 0.3) is 0 Å². The molecule has 2 atom stereocenters. The average molecular weight is 946 g/mol. The smallest absolute Gasteiger partial charge is 0.326 e. The van der Waals surface area contributed by atoms with Crippen LogP contribution in [0.3, 0.4) is 0 Å². The Hall–Kier alpha value is -4.00. The summed E-state index contributed by atoms with van der Waals surface area (Å²) < 4.78 is 21.4. The number of aliphatic carboxylic acids is 3. The van der Waals surface area contributed by atoms with Crippen molar-refractivity contribution >= 4 is 47.2 Å². The minimum atomic E-state index is -1.16. The van der Waals surface area contributed by atoms with Crippen LogP contribution in [0.2, 0.25) is 0 Å². The number of ether oxygens (including phenoxy) is 4. The molecule has 0 spiro atoms. The molecule has 0 aromatic rings. The third kappa shape index (κ3) is 47.9. The highest BCUT2D eigenvalue weighted by atomic mass is 16.5. The first kappa shape index (κ1) is 64.1. The number of ketones is 2. The molecular weight excluding hydrogens is 859 g/mol. The molecule has 0 rings (SSSR count). The van der Waals surface area contributed by atoms with E-state index in [-0.39, 0.29) is 126 Å². The van der Waals surface area contributed by atoms with Crippen molar-refractivity contribution in [3.05, 3.63) is 0 Å². The molecule has 18 heteroatoms. The number of rotatable bonds is 46. The van der Waals surface area contributed by atoms with Crippen LogP contribution in [0.25, 0.3) is 0 Å². The molecule has 18 nitrogen and oxygen atoms in total. The van der Waals surface area contributed by atoms with Crippen LogP contribution in [0.1, 0.15) is 175 Å². The number of nitrogens with one attached hydrogen (secondary N) is 3. The van der Waals surface area contributed by atoms with Gasteiger partial charge in [-0.05, 0) is 57.8 Å². The summed E-state index contributed by atoms with van der Waals surface area (Å²) >= 11 is 0. The van der Waals surface area contributed by atoms with Gasteiger partial charge in [0.2, 0.25) is 17.7 Å². The van der Waals surface area contributed by atoms with Crippen LogP contribution in [0.15, 0.2) is 0 Å². The van der Waals surface area contributed by atoms with Crippen LogP contribution >= 0.6 is 0 Å². The van der Waals surface area contributed by atoms with E-state index in [1.54, 1.807) is 6.92 Å². The van der Waals surface area contributed by atoms with Crippen LogP contribution in [0.4, 0.5) is 0 Å². The van der Waals surface area contributed by atoms with Crippen molar-refractivity contribution in [2.75, 3.05) is 65.9 Å². The zero-order valence-corrected chi connectivity index (χ0v) is 40.8. The molecule has 0 bridgehead atoms. The fourth-order valence-electron chi connectivity index (χ4n) is 6.58. The molecule has 0 radical (unpaired) electrons. The second-order valence-electron chi connectivity index (χ2n) is 17.0. The number of hydrogen-bond donors (Lipinski definition) is 6. The first-order valence-corrected chi connectivity index (χ1v) is 24.4. The number of unbranched alkanes of at least 4 members (excludes halogenated alkanes) is 12. The summed E-state index contributed by atoms with van der Waals surface area (Å²) in [5, 5.41) is 34.3. The molecule has 0 unspecified atom stereocenters. The van der Waals surface area contributed by atoms with E-state index >= 15 is 0 Å². The standard InChI is InChI=1S/C43H77N3O13.C5H10O2/c1-3-36(35(2)47)19-16-17-25-44-40(50)33-59-32-30-57-28-26-45-41(51)34-58-31-29-56-27-18-20-37(48)23-24-38(43(54)55)46-39(49)21-14-12-10-8-6-4-5-7-9-11-13-15-22-42(52)53;1-4(2)3-5(6)7/h36,38H,3-34H2,1-2H3,(H,44,50)(H,45,51)(H,46,49)(H,52,53)(H,54,55);4H,3H2,1-2H3,(H,6,7)/t36-,38-;/m0./s1. The monoisotopic (exact) mass is 946 g/mol. The van der Waals surface area contributed by atoms with E-state index < -0.39 is 23.9 Å². The predicted octanol–water partition coefficient (Wildman–Crippen LogP) is 6.43. The highest BCUT2D eigenvalue weighted by Crippen LogP contribution is 2.14. The number of Topliss-reactive ketones (excluding diaryl/α,β-unsaturated/α-hetero) is 2. The number of hydrogen-bond acceptors (Lipinski definition) is 12. The maximum Gasteiger partial charge on any atom is 0.326 e. The Morgan fingerprint density at radius 2 is 0.985 bits per heavy atom. The van der Waals surface area contributed by atoms with Gasteiger partial charge in [0.05, 0.1) is 33.0 Å². The highest BCUT2D eigenvalue weighted by molar-refractivity contribution is 5.84. The van der Waals surface area contributed by atoms with E-state index in [1.165, 1.54) is 19.3 Å². The number of carboxylic acid groups (broad SMARTS) is 3. The molecule has 384 valence electrons. The van der Waals surface area contributed by atoms with Crippen LogP contribution in [0.5, 0.6) is 0 Å². The van der Waals surface area contributed by atoms with Gasteiger partial charge in [0, 0.05) is 57.7 Å². The minimum absolute atomic E-state index is 0.0336. The largest absolute Gasteiger partial charge is 0.481 e. The van der Waals surface area contributed by atoms with Gasteiger partial charge in [-0.3, -0.25) is 33.6 Å². The molecule has 0 aromatic carbocycles. The van der Waals surface area contributed by atoms with Gasteiger partial charge < -0.3 is 50.2 Å². The van der Waals surface area contributed by atoms with E-state index in [9.17, 15) is 43.5 Å². The average Bonchev–Trinajstić information content (AvgIpc) is 3.24. The second-order valence-corrected chi connectivity index (χ2v) is 17.0. The van der Waals surface area contributed by atoms with Crippen LogP contribution in [-0.2, 0) is 57.3 Å². The lowest BCUT2D eigenvalue weighted by atomic mass is 9.95. The number of carbonyl (C=O) groups excluding carboxylic acids is 5. The maximum atomic E-state index is 12.3.